The van der Waals surface area contributed by atoms with Gasteiger partial charge in [0.15, 0.2) is 0 Å². The first-order chi connectivity index (χ1) is 11.2. The standard InChI is InChI=1S/C21H18O2/c1-16(17-8-4-2-5-9-17)18-12-14-20(15-13-18)23-21(22)19-10-6-3-7-11-19/h2-16H,1H3/t16-/m1/s1. The van der Waals surface area contributed by atoms with Gasteiger partial charge in [0, 0.05) is 5.92 Å². The fraction of sp³-hybridized carbons (Fsp3) is 0.0952. The highest BCUT2D eigenvalue weighted by Gasteiger charge is 2.10. The summed E-state index contributed by atoms with van der Waals surface area (Å²) in [5, 5.41) is 0. The number of carbonyl (C=O) groups is 1. The molecule has 3 rings (SSSR count). The Morgan fingerprint density at radius 1 is 0.739 bits per heavy atom. The molecule has 0 saturated heterocycles. The first-order valence-corrected chi connectivity index (χ1v) is 7.66. The Labute approximate surface area is 136 Å². The molecule has 0 fully saturated rings. The van der Waals surface area contributed by atoms with E-state index in [0.29, 0.717) is 17.2 Å². The highest BCUT2D eigenvalue weighted by molar-refractivity contribution is 5.90. The van der Waals surface area contributed by atoms with Crippen molar-refractivity contribution < 1.29 is 9.53 Å². The van der Waals surface area contributed by atoms with Crippen molar-refractivity contribution >= 4 is 5.97 Å². The van der Waals surface area contributed by atoms with Gasteiger partial charge in [0.1, 0.15) is 5.75 Å². The van der Waals surface area contributed by atoms with Crippen molar-refractivity contribution in [3.8, 4) is 5.75 Å². The molecule has 3 aromatic carbocycles. The van der Waals surface area contributed by atoms with Crippen molar-refractivity contribution in [1.29, 1.82) is 0 Å². The Kier molecular flexibility index (Phi) is 4.53. The average molecular weight is 302 g/mol. The second-order valence-electron chi connectivity index (χ2n) is 5.46. The minimum absolute atomic E-state index is 0.301. The van der Waals surface area contributed by atoms with Gasteiger partial charge in [-0.25, -0.2) is 4.79 Å². The Morgan fingerprint density at radius 2 is 1.26 bits per heavy atom. The number of carbonyl (C=O) groups excluding carboxylic acids is 1. The Balaban J connectivity index is 1.71. The van der Waals surface area contributed by atoms with Gasteiger partial charge < -0.3 is 4.74 Å². The molecule has 3 aromatic rings. The van der Waals surface area contributed by atoms with Crippen LogP contribution in [0.25, 0.3) is 0 Å². The van der Waals surface area contributed by atoms with Crippen LogP contribution in [0.2, 0.25) is 0 Å². The summed E-state index contributed by atoms with van der Waals surface area (Å²) in [6.07, 6.45) is 0. The van der Waals surface area contributed by atoms with Crippen molar-refractivity contribution in [2.24, 2.45) is 0 Å². The molecule has 0 bridgehead atoms. The molecule has 0 aromatic heterocycles. The molecule has 114 valence electrons. The summed E-state index contributed by atoms with van der Waals surface area (Å²) in [6.45, 7) is 2.17. The van der Waals surface area contributed by atoms with E-state index in [9.17, 15) is 4.79 Å². The predicted octanol–water partition coefficient (Wildman–Crippen LogP) is 5.06. The molecule has 0 spiro atoms. The lowest BCUT2D eigenvalue weighted by molar-refractivity contribution is 0.0734. The summed E-state index contributed by atoms with van der Waals surface area (Å²) in [6, 6.07) is 27.0. The first kappa shape index (κ1) is 15.0. The summed E-state index contributed by atoms with van der Waals surface area (Å²) >= 11 is 0. The van der Waals surface area contributed by atoms with Crippen LogP contribution in [0.3, 0.4) is 0 Å². The van der Waals surface area contributed by atoms with E-state index in [4.69, 9.17) is 4.74 Å². The zero-order valence-electron chi connectivity index (χ0n) is 13.0. The van der Waals surface area contributed by atoms with Gasteiger partial charge >= 0.3 is 5.97 Å². The van der Waals surface area contributed by atoms with E-state index in [1.165, 1.54) is 11.1 Å². The molecule has 0 aliphatic carbocycles. The average Bonchev–Trinajstić information content (AvgIpc) is 2.63. The van der Waals surface area contributed by atoms with Gasteiger partial charge in [0.2, 0.25) is 0 Å². The minimum Gasteiger partial charge on any atom is -0.423 e. The third-order valence-corrected chi connectivity index (χ3v) is 3.90. The number of ether oxygens (including phenoxy) is 1. The molecule has 0 saturated carbocycles. The van der Waals surface area contributed by atoms with Gasteiger partial charge in [-0.05, 0) is 35.4 Å². The Hall–Kier alpha value is -2.87. The van der Waals surface area contributed by atoms with E-state index in [2.05, 4.69) is 19.1 Å². The van der Waals surface area contributed by atoms with Crippen LogP contribution in [0.15, 0.2) is 84.9 Å². The van der Waals surface area contributed by atoms with E-state index >= 15 is 0 Å². The summed E-state index contributed by atoms with van der Waals surface area (Å²) in [4.78, 5) is 12.0. The lowest BCUT2D eigenvalue weighted by Crippen LogP contribution is -2.08. The van der Waals surface area contributed by atoms with Crippen LogP contribution in [-0.4, -0.2) is 5.97 Å². The van der Waals surface area contributed by atoms with Crippen LogP contribution in [0.5, 0.6) is 5.75 Å². The maximum Gasteiger partial charge on any atom is 0.343 e. The molecule has 0 aliphatic heterocycles. The van der Waals surface area contributed by atoms with E-state index in [0.717, 1.165) is 0 Å². The normalized spacial score (nSPS) is 11.7. The van der Waals surface area contributed by atoms with E-state index in [1.54, 1.807) is 12.1 Å². The largest absolute Gasteiger partial charge is 0.423 e. The van der Waals surface area contributed by atoms with Gasteiger partial charge in [-0.15, -0.1) is 0 Å². The van der Waals surface area contributed by atoms with Crippen LogP contribution in [-0.2, 0) is 0 Å². The third kappa shape index (κ3) is 3.67. The second-order valence-corrected chi connectivity index (χ2v) is 5.46. The molecular weight excluding hydrogens is 284 g/mol. The zero-order valence-corrected chi connectivity index (χ0v) is 13.0. The summed E-state index contributed by atoms with van der Waals surface area (Å²) in [5.41, 5.74) is 3.01. The lowest BCUT2D eigenvalue weighted by Gasteiger charge is -2.13. The zero-order chi connectivity index (χ0) is 16.1. The molecule has 0 aliphatic rings. The molecule has 0 unspecified atom stereocenters. The summed E-state index contributed by atoms with van der Waals surface area (Å²) in [5.74, 6) is 0.521. The number of rotatable bonds is 4. The number of hydrogen-bond donors (Lipinski definition) is 0. The quantitative estimate of drug-likeness (QED) is 0.497. The van der Waals surface area contributed by atoms with Crippen molar-refractivity contribution in [3.05, 3.63) is 102 Å². The topological polar surface area (TPSA) is 26.3 Å². The second kappa shape index (κ2) is 6.93. The van der Waals surface area contributed by atoms with Crippen molar-refractivity contribution in [1.82, 2.24) is 0 Å². The summed E-state index contributed by atoms with van der Waals surface area (Å²) < 4.78 is 5.40. The first-order valence-electron chi connectivity index (χ1n) is 7.66. The molecule has 0 radical (unpaired) electrons. The van der Waals surface area contributed by atoms with E-state index in [-0.39, 0.29) is 5.97 Å². The number of hydrogen-bond acceptors (Lipinski definition) is 2. The van der Waals surface area contributed by atoms with Gasteiger partial charge in [-0.2, -0.15) is 0 Å². The highest BCUT2D eigenvalue weighted by atomic mass is 16.5. The Bertz CT molecular complexity index is 762. The molecular formula is C21H18O2. The van der Waals surface area contributed by atoms with Crippen LogP contribution in [0.1, 0.15) is 34.3 Å². The molecule has 2 nitrogen and oxygen atoms in total. The lowest BCUT2D eigenvalue weighted by atomic mass is 9.93. The van der Waals surface area contributed by atoms with Crippen molar-refractivity contribution in [2.45, 2.75) is 12.8 Å². The van der Waals surface area contributed by atoms with Gasteiger partial charge in [-0.1, -0.05) is 67.6 Å². The smallest absolute Gasteiger partial charge is 0.343 e. The maximum absolute atomic E-state index is 12.0. The summed E-state index contributed by atoms with van der Waals surface area (Å²) in [7, 11) is 0. The van der Waals surface area contributed by atoms with Crippen LogP contribution in [0.4, 0.5) is 0 Å². The van der Waals surface area contributed by atoms with Crippen molar-refractivity contribution in [2.75, 3.05) is 0 Å². The van der Waals surface area contributed by atoms with E-state index < -0.39 is 0 Å². The maximum atomic E-state index is 12.0. The fourth-order valence-electron chi connectivity index (χ4n) is 2.50. The molecule has 1 atom stereocenters. The fourth-order valence-corrected chi connectivity index (χ4v) is 2.50. The minimum atomic E-state index is -0.338. The Morgan fingerprint density at radius 3 is 1.87 bits per heavy atom. The van der Waals surface area contributed by atoms with Gasteiger partial charge in [0.25, 0.3) is 0 Å². The van der Waals surface area contributed by atoms with Gasteiger partial charge in [-0.3, -0.25) is 0 Å². The van der Waals surface area contributed by atoms with Crippen LogP contribution >= 0.6 is 0 Å². The van der Waals surface area contributed by atoms with Crippen molar-refractivity contribution in [3.63, 3.8) is 0 Å². The molecule has 0 heterocycles. The van der Waals surface area contributed by atoms with Crippen LogP contribution in [0, 0.1) is 0 Å². The predicted molar refractivity (Wildman–Crippen MR) is 91.8 cm³/mol. The van der Waals surface area contributed by atoms with Crippen LogP contribution < -0.4 is 4.74 Å². The molecule has 0 amide bonds. The third-order valence-electron chi connectivity index (χ3n) is 3.90. The number of benzene rings is 3. The molecule has 2 heteroatoms. The molecule has 0 N–H and O–H groups in total. The van der Waals surface area contributed by atoms with Gasteiger partial charge in [0.05, 0.1) is 5.56 Å². The monoisotopic (exact) mass is 302 g/mol. The molecule has 23 heavy (non-hydrogen) atoms. The number of esters is 1. The highest BCUT2D eigenvalue weighted by Crippen LogP contribution is 2.25. The SMILES string of the molecule is C[C@H](c1ccccc1)c1ccc(OC(=O)c2ccccc2)cc1. The van der Waals surface area contributed by atoms with E-state index in [1.807, 2.05) is 60.7 Å².